The van der Waals surface area contributed by atoms with E-state index in [2.05, 4.69) is 62.4 Å². The maximum Gasteiger partial charge on any atom is 0.0979 e. The quantitative estimate of drug-likeness (QED) is 0.322. The Morgan fingerprint density at radius 2 is 0.971 bits per heavy atom. The average Bonchev–Trinajstić information content (AvgIpc) is 3.11. The Hall–Kier alpha value is -3.92. The lowest BCUT2D eigenvalue weighted by atomic mass is 10.0. The Kier molecular flexibility index (Phi) is 5.05. The Bertz CT molecular complexity index is 1460. The largest absolute Gasteiger partial charge is 0.398 e. The number of aryl methyl sites for hydroxylation is 4. The minimum Gasteiger partial charge on any atom is -0.398 e. The maximum atomic E-state index is 6.40. The van der Waals surface area contributed by atoms with E-state index in [9.17, 15) is 0 Å². The summed E-state index contributed by atoms with van der Waals surface area (Å²) in [7, 11) is 0. The van der Waals surface area contributed by atoms with Gasteiger partial charge in [0, 0.05) is 27.9 Å². The first-order valence-corrected chi connectivity index (χ1v) is 11.6. The first-order chi connectivity index (χ1) is 16.2. The van der Waals surface area contributed by atoms with Crippen molar-refractivity contribution in [3.05, 3.63) is 93.0 Å². The van der Waals surface area contributed by atoms with Crippen LogP contribution in [-0.2, 0) is 0 Å². The van der Waals surface area contributed by atoms with Crippen LogP contribution in [-0.4, -0.2) is 11.4 Å². The third-order valence-corrected chi connectivity index (χ3v) is 7.07. The molecule has 0 atom stereocenters. The highest BCUT2D eigenvalue weighted by Crippen LogP contribution is 2.39. The van der Waals surface area contributed by atoms with Crippen molar-refractivity contribution in [2.75, 3.05) is 11.5 Å². The van der Waals surface area contributed by atoms with E-state index in [1.165, 1.54) is 10.8 Å². The van der Waals surface area contributed by atoms with E-state index in [-0.39, 0.29) is 0 Å². The molecule has 4 nitrogen and oxygen atoms in total. The van der Waals surface area contributed by atoms with Gasteiger partial charge in [0.1, 0.15) is 0 Å². The number of aliphatic imine (C=N–C) groups is 2. The van der Waals surface area contributed by atoms with Crippen LogP contribution in [0, 0.1) is 41.5 Å². The van der Waals surface area contributed by atoms with Gasteiger partial charge < -0.3 is 11.5 Å². The molecule has 34 heavy (non-hydrogen) atoms. The van der Waals surface area contributed by atoms with Gasteiger partial charge >= 0.3 is 0 Å². The zero-order chi connectivity index (χ0) is 24.3. The Morgan fingerprint density at radius 3 is 1.38 bits per heavy atom. The smallest absolute Gasteiger partial charge is 0.0979 e. The van der Waals surface area contributed by atoms with Crippen molar-refractivity contribution in [3.8, 4) is 0 Å². The topological polar surface area (TPSA) is 76.8 Å². The third-order valence-electron chi connectivity index (χ3n) is 7.07. The Morgan fingerprint density at radius 1 is 0.559 bits per heavy atom. The second-order valence-corrected chi connectivity index (χ2v) is 9.43. The molecule has 4 aromatic carbocycles. The zero-order valence-corrected chi connectivity index (χ0v) is 20.7. The molecule has 0 saturated carbocycles. The second-order valence-electron chi connectivity index (χ2n) is 9.43. The van der Waals surface area contributed by atoms with E-state index in [1.54, 1.807) is 0 Å². The highest BCUT2D eigenvalue weighted by atomic mass is 14.9. The van der Waals surface area contributed by atoms with Crippen molar-refractivity contribution in [1.29, 1.82) is 0 Å². The molecule has 0 unspecified atom stereocenters. The fourth-order valence-corrected chi connectivity index (χ4v) is 5.16. The van der Waals surface area contributed by atoms with Crippen LogP contribution in [0.2, 0.25) is 0 Å². The number of hydrogen-bond acceptors (Lipinski definition) is 4. The fraction of sp³-hybridized carbons (Fsp3) is 0.200. The number of hydrogen-bond donors (Lipinski definition) is 2. The minimum atomic E-state index is 0.787. The summed E-state index contributed by atoms with van der Waals surface area (Å²) in [6.07, 6.45) is 0. The summed E-state index contributed by atoms with van der Waals surface area (Å²) < 4.78 is 0. The van der Waals surface area contributed by atoms with Crippen molar-refractivity contribution in [2.24, 2.45) is 9.98 Å². The van der Waals surface area contributed by atoms with Crippen LogP contribution in [0.25, 0.3) is 10.8 Å². The molecule has 0 heterocycles. The molecule has 0 aromatic heterocycles. The molecular formula is C30H30N4. The van der Waals surface area contributed by atoms with Crippen molar-refractivity contribution in [3.63, 3.8) is 0 Å². The van der Waals surface area contributed by atoms with Crippen LogP contribution in [0.4, 0.5) is 22.7 Å². The minimum absolute atomic E-state index is 0.787. The number of rotatable bonds is 2. The van der Waals surface area contributed by atoms with Crippen molar-refractivity contribution in [1.82, 2.24) is 0 Å². The average molecular weight is 447 g/mol. The van der Waals surface area contributed by atoms with Crippen molar-refractivity contribution < 1.29 is 0 Å². The van der Waals surface area contributed by atoms with E-state index < -0.39 is 0 Å². The summed E-state index contributed by atoms with van der Waals surface area (Å²) >= 11 is 0. The van der Waals surface area contributed by atoms with Crippen LogP contribution in [0.3, 0.4) is 0 Å². The van der Waals surface area contributed by atoms with Gasteiger partial charge in [-0.2, -0.15) is 0 Å². The summed E-state index contributed by atoms with van der Waals surface area (Å²) in [4.78, 5) is 10.5. The summed E-state index contributed by atoms with van der Waals surface area (Å²) in [6.45, 7) is 12.4. The highest BCUT2D eigenvalue weighted by Gasteiger charge is 2.28. The molecule has 0 spiro atoms. The van der Waals surface area contributed by atoms with E-state index in [0.717, 1.165) is 78.7 Å². The first-order valence-electron chi connectivity index (χ1n) is 11.6. The van der Waals surface area contributed by atoms with Crippen LogP contribution < -0.4 is 11.5 Å². The summed E-state index contributed by atoms with van der Waals surface area (Å²) in [5, 5.41) is 2.37. The lowest BCUT2D eigenvalue weighted by Gasteiger charge is -2.14. The van der Waals surface area contributed by atoms with Gasteiger partial charge in [0.15, 0.2) is 0 Å². The molecule has 0 bridgehead atoms. The normalized spacial score (nSPS) is 15.1. The number of anilines is 2. The van der Waals surface area contributed by atoms with Gasteiger partial charge in [-0.15, -0.1) is 0 Å². The highest BCUT2D eigenvalue weighted by molar-refractivity contribution is 6.61. The predicted octanol–water partition coefficient (Wildman–Crippen LogP) is 7.11. The molecule has 0 aliphatic heterocycles. The van der Waals surface area contributed by atoms with Crippen molar-refractivity contribution >= 4 is 44.9 Å². The number of nitrogens with two attached hydrogens (primary N) is 2. The van der Waals surface area contributed by atoms with Crippen LogP contribution in [0.15, 0.2) is 58.5 Å². The number of nitrogens with zero attached hydrogens (tertiary/aromatic N) is 2. The molecular weight excluding hydrogens is 416 g/mol. The van der Waals surface area contributed by atoms with E-state index >= 15 is 0 Å². The molecule has 0 radical (unpaired) electrons. The van der Waals surface area contributed by atoms with Gasteiger partial charge in [-0.05, 0) is 80.3 Å². The summed E-state index contributed by atoms with van der Waals surface area (Å²) in [5.41, 5.74) is 26.5. The molecule has 1 aliphatic carbocycles. The van der Waals surface area contributed by atoms with Gasteiger partial charge in [-0.1, -0.05) is 48.5 Å². The Balaban J connectivity index is 1.86. The first kappa shape index (κ1) is 21.9. The molecule has 5 rings (SSSR count). The molecule has 4 N–H and O–H groups in total. The van der Waals surface area contributed by atoms with E-state index in [4.69, 9.17) is 21.5 Å². The molecule has 4 heteroatoms. The fourth-order valence-electron chi connectivity index (χ4n) is 5.16. The van der Waals surface area contributed by atoms with Crippen LogP contribution >= 0.6 is 0 Å². The van der Waals surface area contributed by atoms with E-state index in [1.807, 2.05) is 27.7 Å². The molecule has 170 valence electrons. The SMILES string of the molecule is Cc1cc(C)c(N=C2C(=Nc3c(C)cc(C)c(N)c3C)c3cccc4cccc2c34)c(C)c1N. The van der Waals surface area contributed by atoms with Crippen LogP contribution in [0.1, 0.15) is 44.5 Å². The lowest BCUT2D eigenvalue weighted by molar-refractivity contribution is 1.28. The number of nitrogen functional groups attached to an aromatic ring is 2. The van der Waals surface area contributed by atoms with Gasteiger partial charge in [0.25, 0.3) is 0 Å². The molecule has 0 saturated heterocycles. The van der Waals surface area contributed by atoms with Gasteiger partial charge in [0.2, 0.25) is 0 Å². The van der Waals surface area contributed by atoms with Crippen molar-refractivity contribution in [2.45, 2.75) is 41.5 Å². The summed E-state index contributed by atoms with van der Waals surface area (Å²) in [6, 6.07) is 16.9. The van der Waals surface area contributed by atoms with Gasteiger partial charge in [-0.3, -0.25) is 0 Å². The maximum absolute atomic E-state index is 6.40. The summed E-state index contributed by atoms with van der Waals surface area (Å²) in [5.74, 6) is 0. The lowest BCUT2D eigenvalue weighted by Crippen LogP contribution is -2.11. The van der Waals surface area contributed by atoms with Gasteiger partial charge in [-0.25, -0.2) is 9.98 Å². The Labute approximate surface area is 201 Å². The zero-order valence-electron chi connectivity index (χ0n) is 20.7. The standard InChI is InChI=1S/C30H30N4/c1-15-13-17(3)27(19(5)25(15)31)33-29-22-11-7-9-21-10-8-12-23(24(21)22)30(29)34-28-18(4)14-16(2)26(32)20(28)6/h7-14H,31-32H2,1-6H3. The molecule has 4 aromatic rings. The van der Waals surface area contributed by atoms with Gasteiger partial charge in [0.05, 0.1) is 22.8 Å². The third kappa shape index (κ3) is 3.21. The number of benzene rings is 4. The monoisotopic (exact) mass is 446 g/mol. The molecule has 0 fully saturated rings. The second kappa shape index (κ2) is 7.84. The molecule has 1 aliphatic rings. The van der Waals surface area contributed by atoms with E-state index in [0.29, 0.717) is 0 Å². The predicted molar refractivity (Wildman–Crippen MR) is 146 cm³/mol. The van der Waals surface area contributed by atoms with Crippen LogP contribution in [0.5, 0.6) is 0 Å². The molecule has 0 amide bonds.